The summed E-state index contributed by atoms with van der Waals surface area (Å²) in [6.45, 7) is 6.63. The molecule has 322 valence electrons. The molecule has 12 rings (SSSR count). The smallest absolute Gasteiger partial charge is 0.207 e. The minimum atomic E-state index is -4.17. The number of fused-ring (bicyclic) bond motifs is 11. The lowest BCUT2D eigenvalue weighted by Gasteiger charge is -2.29. The molecule has 0 bridgehead atoms. The Morgan fingerprint density at radius 1 is 0.433 bits per heavy atom. The van der Waals surface area contributed by atoms with Gasteiger partial charge in [0.2, 0.25) is 9.84 Å². The second kappa shape index (κ2) is 15.7. The van der Waals surface area contributed by atoms with Crippen LogP contribution in [0.4, 0.5) is 0 Å². The van der Waals surface area contributed by atoms with E-state index >= 15 is 8.42 Å². The van der Waals surface area contributed by atoms with Crippen molar-refractivity contribution in [2.75, 3.05) is 0 Å². The third-order valence-electron chi connectivity index (χ3n) is 14.0. The molecule has 0 saturated carbocycles. The number of hydrogen-bond donors (Lipinski definition) is 0. The van der Waals surface area contributed by atoms with E-state index in [1.165, 1.54) is 5.56 Å². The highest BCUT2D eigenvalue weighted by Gasteiger charge is 2.40. The molecule has 0 fully saturated rings. The average Bonchev–Trinajstić information content (AvgIpc) is 3.60. The van der Waals surface area contributed by atoms with Crippen LogP contribution in [-0.4, -0.2) is 23.4 Å². The average molecular weight is 884 g/mol. The predicted molar refractivity (Wildman–Crippen MR) is 271 cm³/mol. The number of aromatic nitrogens is 3. The molecule has 0 N–H and O–H groups in total. The van der Waals surface area contributed by atoms with Crippen LogP contribution in [0.5, 0.6) is 0 Å². The number of benzene rings is 8. The summed E-state index contributed by atoms with van der Waals surface area (Å²) in [6.07, 6.45) is 2.80. The van der Waals surface area contributed by atoms with E-state index in [0.717, 1.165) is 77.9 Å². The van der Waals surface area contributed by atoms with Gasteiger partial charge in [-0.3, -0.25) is 0 Å². The molecule has 5 nitrogen and oxygen atoms in total. The lowest BCUT2D eigenvalue weighted by Crippen LogP contribution is -2.17. The number of sulfone groups is 1. The summed E-state index contributed by atoms with van der Waals surface area (Å²) in [7, 11) is -4.17. The fourth-order valence-electron chi connectivity index (χ4n) is 10.6. The van der Waals surface area contributed by atoms with Gasteiger partial charge in [0.1, 0.15) is 0 Å². The topological polar surface area (TPSA) is 72.8 Å². The summed E-state index contributed by atoms with van der Waals surface area (Å²) in [5.41, 5.74) is 15.9. The zero-order valence-electron chi connectivity index (χ0n) is 37.4. The maximum atomic E-state index is 16.0. The molecule has 0 radical (unpaired) electrons. The summed E-state index contributed by atoms with van der Waals surface area (Å²) in [5, 5.41) is 0. The number of allylic oxidation sites excluding steroid dienone is 4. The molecule has 0 saturated heterocycles. The first kappa shape index (κ1) is 40.7. The molecule has 0 amide bonds. The van der Waals surface area contributed by atoms with Gasteiger partial charge in [0.05, 0.1) is 9.79 Å². The Hall–Kier alpha value is -7.80. The van der Waals surface area contributed by atoms with Gasteiger partial charge in [0.15, 0.2) is 17.5 Å². The van der Waals surface area contributed by atoms with Crippen LogP contribution in [0, 0.1) is 5.92 Å². The maximum absolute atomic E-state index is 16.0. The largest absolute Gasteiger partial charge is 0.218 e. The maximum Gasteiger partial charge on any atom is 0.207 e. The van der Waals surface area contributed by atoms with E-state index in [4.69, 9.17) is 15.0 Å². The molecule has 67 heavy (non-hydrogen) atoms. The predicted octanol–water partition coefficient (Wildman–Crippen LogP) is 14.7. The third kappa shape index (κ3) is 6.65. The first-order valence-corrected chi connectivity index (χ1v) is 24.4. The van der Waals surface area contributed by atoms with Gasteiger partial charge in [-0.25, -0.2) is 23.4 Å². The van der Waals surface area contributed by atoms with Gasteiger partial charge in [-0.2, -0.15) is 0 Å². The Kier molecular flexibility index (Phi) is 9.52. The van der Waals surface area contributed by atoms with Gasteiger partial charge < -0.3 is 0 Å². The van der Waals surface area contributed by atoms with Gasteiger partial charge in [0.25, 0.3) is 0 Å². The van der Waals surface area contributed by atoms with Gasteiger partial charge in [-0.05, 0) is 109 Å². The van der Waals surface area contributed by atoms with Crippen LogP contribution in [0.25, 0.3) is 84.0 Å². The molecule has 6 heteroatoms. The van der Waals surface area contributed by atoms with Crippen molar-refractivity contribution in [2.45, 2.75) is 42.4 Å². The van der Waals surface area contributed by atoms with E-state index in [-0.39, 0.29) is 15.7 Å². The monoisotopic (exact) mass is 883 g/mol. The Morgan fingerprint density at radius 2 is 0.955 bits per heavy atom. The van der Waals surface area contributed by atoms with Gasteiger partial charge in [0, 0.05) is 33.2 Å². The first-order valence-electron chi connectivity index (χ1n) is 22.9. The van der Waals surface area contributed by atoms with Crippen LogP contribution in [0.2, 0.25) is 0 Å². The fourth-order valence-corrected chi connectivity index (χ4v) is 12.3. The molecular weight excluding hydrogens is 839 g/mol. The Bertz CT molecular complexity index is 3670. The van der Waals surface area contributed by atoms with E-state index in [1.54, 1.807) is 6.07 Å². The van der Waals surface area contributed by atoms with Crippen molar-refractivity contribution in [1.29, 1.82) is 0 Å². The van der Waals surface area contributed by atoms with Gasteiger partial charge in [-0.1, -0.05) is 191 Å². The molecule has 1 aliphatic heterocycles. The van der Waals surface area contributed by atoms with Gasteiger partial charge in [-0.15, -0.1) is 0 Å². The van der Waals surface area contributed by atoms with Crippen molar-refractivity contribution < 1.29 is 8.42 Å². The standard InChI is InChI=1S/C61H45N3O2S/c1-38-33-50-46-28-13-11-26-44(46)43-25-10-12-27-45(43)48-30-15-17-32-56(48)67(65,66)57-37-55-52(47-29-14-16-31-54(47)61(55,2)3)36-53(57)51(50)35-49(38)60-63-58(40-21-8-5-9-22-40)62-59(64-60)42-24-18-23-41(34-42)39-19-6-4-7-20-39/h4-32,34-38H,33H2,1-3H3. The molecule has 1 unspecified atom stereocenters. The molecule has 3 aliphatic rings. The molecule has 1 aromatic heterocycles. The number of rotatable bonds is 4. The van der Waals surface area contributed by atoms with Crippen molar-refractivity contribution in [1.82, 2.24) is 15.0 Å². The SMILES string of the molecule is CC1CC2=C(C=C1c1nc(-c3ccccc3)nc(-c3cccc(-c4ccccc4)c3)n1)c1cc3c(cc1S(=O)(=O)c1ccccc1-c1ccccc1-c1ccccc12)C(C)(C)c1ccccc1-3. The Balaban J connectivity index is 1.17. The molecule has 2 heterocycles. The highest BCUT2D eigenvalue weighted by Crippen LogP contribution is 2.54. The molecule has 0 spiro atoms. The summed E-state index contributed by atoms with van der Waals surface area (Å²) < 4.78 is 31.9. The third-order valence-corrected chi connectivity index (χ3v) is 15.9. The van der Waals surface area contributed by atoms with Crippen LogP contribution >= 0.6 is 0 Å². The second-order valence-electron chi connectivity index (χ2n) is 18.4. The fraction of sp³-hybridized carbons (Fsp3) is 0.0984. The van der Waals surface area contributed by atoms with E-state index in [2.05, 4.69) is 130 Å². The van der Waals surface area contributed by atoms with Crippen LogP contribution in [0.1, 0.15) is 55.3 Å². The van der Waals surface area contributed by atoms with E-state index < -0.39 is 15.3 Å². The zero-order chi connectivity index (χ0) is 45.4. The summed E-state index contributed by atoms with van der Waals surface area (Å²) >= 11 is 0. The number of nitrogens with zero attached hydrogens (tertiary/aromatic N) is 3. The second-order valence-corrected chi connectivity index (χ2v) is 20.3. The normalized spacial score (nSPS) is 16.2. The Labute approximate surface area is 391 Å². The zero-order valence-corrected chi connectivity index (χ0v) is 38.2. The van der Waals surface area contributed by atoms with Crippen molar-refractivity contribution in [3.63, 3.8) is 0 Å². The first-order chi connectivity index (χ1) is 32.6. The molecule has 1 atom stereocenters. The van der Waals surface area contributed by atoms with E-state index in [0.29, 0.717) is 35.0 Å². The quantitative estimate of drug-likeness (QED) is 0.176. The molecule has 8 aromatic carbocycles. The summed E-state index contributed by atoms with van der Waals surface area (Å²) in [4.78, 5) is 16.3. The van der Waals surface area contributed by atoms with E-state index in [9.17, 15) is 0 Å². The van der Waals surface area contributed by atoms with Crippen molar-refractivity contribution in [3.05, 3.63) is 228 Å². The van der Waals surface area contributed by atoms with Crippen LogP contribution < -0.4 is 0 Å². The van der Waals surface area contributed by atoms with Crippen LogP contribution in [-0.2, 0) is 15.3 Å². The van der Waals surface area contributed by atoms with Gasteiger partial charge >= 0.3 is 0 Å². The van der Waals surface area contributed by atoms with Crippen LogP contribution in [0.15, 0.2) is 210 Å². The summed E-state index contributed by atoms with van der Waals surface area (Å²) in [5.74, 6) is 1.63. The van der Waals surface area contributed by atoms with Crippen LogP contribution in [0.3, 0.4) is 0 Å². The molecule has 2 aliphatic carbocycles. The van der Waals surface area contributed by atoms with E-state index in [1.807, 2.05) is 84.9 Å². The molecular formula is C61H45N3O2S. The van der Waals surface area contributed by atoms with Crippen molar-refractivity contribution in [2.24, 2.45) is 5.92 Å². The number of hydrogen-bond acceptors (Lipinski definition) is 5. The summed E-state index contributed by atoms with van der Waals surface area (Å²) in [6, 6.07) is 65.6. The van der Waals surface area contributed by atoms with Crippen molar-refractivity contribution >= 4 is 26.6 Å². The lowest BCUT2D eigenvalue weighted by atomic mass is 9.76. The Morgan fingerprint density at radius 3 is 1.67 bits per heavy atom. The minimum absolute atomic E-state index is 0.0620. The molecule has 9 aromatic rings. The van der Waals surface area contributed by atoms with Crippen molar-refractivity contribution in [3.8, 4) is 67.3 Å². The highest BCUT2D eigenvalue weighted by atomic mass is 32.2. The highest BCUT2D eigenvalue weighted by molar-refractivity contribution is 7.91. The lowest BCUT2D eigenvalue weighted by molar-refractivity contribution is 0.595. The minimum Gasteiger partial charge on any atom is -0.218 e.